The molecule has 2 heterocycles. The molecule has 0 aliphatic heterocycles. The first-order valence-corrected chi connectivity index (χ1v) is 4.83. The quantitative estimate of drug-likeness (QED) is 0.738. The summed E-state index contributed by atoms with van der Waals surface area (Å²) in [6.45, 7) is 0. The van der Waals surface area contributed by atoms with Crippen molar-refractivity contribution in [1.29, 1.82) is 0 Å². The number of carboxylic acids is 1. The molecule has 0 aliphatic rings. The van der Waals surface area contributed by atoms with Crippen LogP contribution in [-0.2, 0) is 0 Å². The highest BCUT2D eigenvalue weighted by atomic mass is 16.4. The van der Waals surface area contributed by atoms with Crippen LogP contribution in [0.2, 0.25) is 0 Å². The van der Waals surface area contributed by atoms with Gasteiger partial charge in [-0.05, 0) is 24.3 Å². The zero-order valence-corrected chi connectivity index (χ0v) is 8.79. The fourth-order valence-electron chi connectivity index (χ4n) is 1.26. The predicted molar refractivity (Wildman–Crippen MR) is 63.1 cm³/mol. The first-order valence-electron chi connectivity index (χ1n) is 4.83. The number of aromatic nitrogens is 2. The number of nitrogens with zero attached hydrogens (tertiary/aromatic N) is 2. The van der Waals surface area contributed by atoms with Crippen molar-refractivity contribution in [2.24, 2.45) is 0 Å². The third kappa shape index (κ3) is 2.49. The molecule has 0 bridgehead atoms. The lowest BCUT2D eigenvalue weighted by atomic mass is 10.3. The van der Waals surface area contributed by atoms with Crippen molar-refractivity contribution in [3.05, 3.63) is 42.4 Å². The highest BCUT2D eigenvalue weighted by Crippen LogP contribution is 2.20. The van der Waals surface area contributed by atoms with Crippen LogP contribution in [0.15, 0.2) is 36.7 Å². The van der Waals surface area contributed by atoms with Crippen LogP contribution in [0, 0.1) is 0 Å². The summed E-state index contributed by atoms with van der Waals surface area (Å²) in [6, 6.07) is 6.38. The first kappa shape index (κ1) is 10.9. The van der Waals surface area contributed by atoms with Gasteiger partial charge in [0.25, 0.3) is 0 Å². The van der Waals surface area contributed by atoms with Crippen LogP contribution in [0.25, 0.3) is 0 Å². The molecule has 0 spiro atoms. The fourth-order valence-corrected chi connectivity index (χ4v) is 1.26. The predicted octanol–water partition coefficient (Wildman–Crippen LogP) is 1.50. The standard InChI is InChI=1S/C11H10N4O2/c12-8-3-4-9(11(16)17)15-10(8)14-7-2-1-5-13-6-7/h1-6H,12H2,(H,14,15)(H,16,17). The Morgan fingerprint density at radius 3 is 2.82 bits per heavy atom. The molecule has 0 saturated heterocycles. The second kappa shape index (κ2) is 4.48. The Morgan fingerprint density at radius 1 is 1.35 bits per heavy atom. The molecule has 2 aromatic heterocycles. The largest absolute Gasteiger partial charge is 0.477 e. The van der Waals surface area contributed by atoms with Crippen molar-refractivity contribution < 1.29 is 9.90 Å². The summed E-state index contributed by atoms with van der Waals surface area (Å²) in [6.07, 6.45) is 3.23. The summed E-state index contributed by atoms with van der Waals surface area (Å²) in [5, 5.41) is 11.7. The van der Waals surface area contributed by atoms with Crippen LogP contribution in [0.1, 0.15) is 10.5 Å². The van der Waals surface area contributed by atoms with E-state index in [2.05, 4.69) is 15.3 Å². The number of hydrogen-bond acceptors (Lipinski definition) is 5. The highest BCUT2D eigenvalue weighted by molar-refractivity contribution is 5.87. The van der Waals surface area contributed by atoms with E-state index < -0.39 is 5.97 Å². The molecule has 0 unspecified atom stereocenters. The highest BCUT2D eigenvalue weighted by Gasteiger charge is 2.08. The Bertz CT molecular complexity index is 542. The molecule has 86 valence electrons. The molecule has 0 amide bonds. The summed E-state index contributed by atoms with van der Waals surface area (Å²) in [5.74, 6) is -0.794. The molecule has 2 aromatic rings. The van der Waals surface area contributed by atoms with Crippen molar-refractivity contribution in [2.75, 3.05) is 11.1 Å². The molecular formula is C11H10N4O2. The summed E-state index contributed by atoms with van der Waals surface area (Å²) < 4.78 is 0. The number of rotatable bonds is 3. The van der Waals surface area contributed by atoms with Gasteiger partial charge < -0.3 is 16.2 Å². The molecule has 0 saturated carbocycles. The Balaban J connectivity index is 2.32. The molecule has 0 fully saturated rings. The lowest BCUT2D eigenvalue weighted by Gasteiger charge is -2.08. The summed E-state index contributed by atoms with van der Waals surface area (Å²) >= 11 is 0. The zero-order valence-electron chi connectivity index (χ0n) is 8.79. The van der Waals surface area contributed by atoms with E-state index in [4.69, 9.17) is 10.8 Å². The fraction of sp³-hybridized carbons (Fsp3) is 0. The van der Waals surface area contributed by atoms with Crippen LogP contribution < -0.4 is 11.1 Å². The van der Waals surface area contributed by atoms with Crippen LogP contribution in [0.4, 0.5) is 17.2 Å². The molecule has 6 nitrogen and oxygen atoms in total. The summed E-state index contributed by atoms with van der Waals surface area (Å²) in [5.41, 5.74) is 6.70. The Labute approximate surface area is 97.1 Å². The lowest BCUT2D eigenvalue weighted by molar-refractivity contribution is 0.0690. The topological polar surface area (TPSA) is 101 Å². The van der Waals surface area contributed by atoms with Crippen LogP contribution in [0.5, 0.6) is 0 Å². The van der Waals surface area contributed by atoms with Gasteiger partial charge in [-0.3, -0.25) is 4.98 Å². The van der Waals surface area contributed by atoms with Gasteiger partial charge in [0.2, 0.25) is 0 Å². The minimum absolute atomic E-state index is 0.0643. The Hall–Kier alpha value is -2.63. The number of nitrogens with one attached hydrogen (secondary N) is 1. The number of carboxylic acid groups (broad SMARTS) is 1. The SMILES string of the molecule is Nc1ccc(C(=O)O)nc1Nc1cccnc1. The van der Waals surface area contributed by atoms with Crippen LogP contribution in [0.3, 0.4) is 0 Å². The monoisotopic (exact) mass is 230 g/mol. The van der Waals surface area contributed by atoms with Crippen molar-refractivity contribution in [2.45, 2.75) is 0 Å². The zero-order chi connectivity index (χ0) is 12.3. The van der Waals surface area contributed by atoms with E-state index >= 15 is 0 Å². The number of hydrogen-bond donors (Lipinski definition) is 3. The molecule has 0 aliphatic carbocycles. The van der Waals surface area contributed by atoms with E-state index in [-0.39, 0.29) is 5.69 Å². The lowest BCUT2D eigenvalue weighted by Crippen LogP contribution is -2.05. The number of anilines is 3. The van der Waals surface area contributed by atoms with Crippen molar-refractivity contribution >= 4 is 23.2 Å². The van der Waals surface area contributed by atoms with Gasteiger partial charge in [-0.15, -0.1) is 0 Å². The van der Waals surface area contributed by atoms with Gasteiger partial charge in [0.05, 0.1) is 17.6 Å². The Morgan fingerprint density at radius 2 is 2.18 bits per heavy atom. The molecule has 0 radical (unpaired) electrons. The smallest absolute Gasteiger partial charge is 0.354 e. The van der Waals surface area contributed by atoms with E-state index in [1.165, 1.54) is 12.1 Å². The number of nitrogen functional groups attached to an aromatic ring is 1. The maximum atomic E-state index is 10.8. The van der Waals surface area contributed by atoms with Gasteiger partial charge in [0.1, 0.15) is 0 Å². The first-order chi connectivity index (χ1) is 8.16. The number of nitrogens with two attached hydrogens (primary N) is 1. The second-order valence-electron chi connectivity index (χ2n) is 3.31. The van der Waals surface area contributed by atoms with E-state index in [9.17, 15) is 4.79 Å². The van der Waals surface area contributed by atoms with Gasteiger partial charge in [0.15, 0.2) is 11.5 Å². The van der Waals surface area contributed by atoms with E-state index in [1.807, 2.05) is 0 Å². The number of carbonyl (C=O) groups is 1. The van der Waals surface area contributed by atoms with Crippen molar-refractivity contribution in [1.82, 2.24) is 9.97 Å². The average Bonchev–Trinajstić information content (AvgIpc) is 2.33. The Kier molecular flexibility index (Phi) is 2.87. The molecule has 2 rings (SSSR count). The third-order valence-electron chi connectivity index (χ3n) is 2.07. The third-order valence-corrected chi connectivity index (χ3v) is 2.07. The second-order valence-corrected chi connectivity index (χ2v) is 3.31. The minimum Gasteiger partial charge on any atom is -0.477 e. The average molecular weight is 230 g/mol. The molecule has 0 aromatic carbocycles. The maximum Gasteiger partial charge on any atom is 0.354 e. The van der Waals surface area contributed by atoms with Gasteiger partial charge in [0, 0.05) is 6.20 Å². The summed E-state index contributed by atoms with van der Waals surface area (Å²) in [4.78, 5) is 18.6. The summed E-state index contributed by atoms with van der Waals surface area (Å²) in [7, 11) is 0. The van der Waals surface area contributed by atoms with Gasteiger partial charge in [-0.1, -0.05) is 0 Å². The molecule has 17 heavy (non-hydrogen) atoms. The normalized spacial score (nSPS) is 9.88. The molecule has 0 atom stereocenters. The van der Waals surface area contributed by atoms with E-state index in [0.717, 1.165) is 0 Å². The van der Waals surface area contributed by atoms with Crippen molar-refractivity contribution in [3.8, 4) is 0 Å². The van der Waals surface area contributed by atoms with Crippen LogP contribution in [-0.4, -0.2) is 21.0 Å². The molecular weight excluding hydrogens is 220 g/mol. The van der Waals surface area contributed by atoms with E-state index in [0.29, 0.717) is 17.2 Å². The van der Waals surface area contributed by atoms with E-state index in [1.54, 1.807) is 24.5 Å². The molecule has 4 N–H and O–H groups in total. The van der Waals surface area contributed by atoms with Gasteiger partial charge in [-0.2, -0.15) is 0 Å². The molecule has 6 heteroatoms. The maximum absolute atomic E-state index is 10.8. The van der Waals surface area contributed by atoms with Crippen molar-refractivity contribution in [3.63, 3.8) is 0 Å². The minimum atomic E-state index is -1.10. The number of pyridine rings is 2. The van der Waals surface area contributed by atoms with Crippen LogP contribution >= 0.6 is 0 Å². The number of aromatic carboxylic acids is 1. The van der Waals surface area contributed by atoms with Gasteiger partial charge in [-0.25, -0.2) is 9.78 Å². The van der Waals surface area contributed by atoms with Gasteiger partial charge >= 0.3 is 5.97 Å².